The third-order valence-electron chi connectivity index (χ3n) is 3.09. The molecule has 0 radical (unpaired) electrons. The Hall–Kier alpha value is -2.02. The van der Waals surface area contributed by atoms with Crippen LogP contribution in [0.1, 0.15) is 25.8 Å². The highest BCUT2D eigenvalue weighted by molar-refractivity contribution is 5.67. The van der Waals surface area contributed by atoms with Gasteiger partial charge in [-0.05, 0) is 25.1 Å². The van der Waals surface area contributed by atoms with Crippen LogP contribution in [0.25, 0.3) is 0 Å². The third kappa shape index (κ3) is 4.27. The quantitative estimate of drug-likeness (QED) is 0.614. The predicted molar refractivity (Wildman–Crippen MR) is 70.9 cm³/mol. The van der Waals surface area contributed by atoms with Crippen molar-refractivity contribution in [2.75, 3.05) is 6.54 Å². The molecule has 1 N–H and O–H groups in total. The van der Waals surface area contributed by atoms with Gasteiger partial charge in [-0.2, -0.15) is 4.39 Å². The monoisotopic (exact) mass is 284 g/mol. The number of rotatable bonds is 7. The molecule has 1 aromatic rings. The highest BCUT2D eigenvalue weighted by Gasteiger charge is 2.18. The van der Waals surface area contributed by atoms with Crippen LogP contribution in [0.3, 0.4) is 0 Å². The molecule has 1 unspecified atom stereocenters. The van der Waals surface area contributed by atoms with Crippen molar-refractivity contribution in [1.29, 1.82) is 0 Å². The van der Waals surface area contributed by atoms with Crippen LogP contribution >= 0.6 is 0 Å². The fourth-order valence-corrected chi connectivity index (χ4v) is 1.99. The number of nitrogens with zero attached hydrogens (tertiary/aromatic N) is 2. The molecule has 0 aromatic heterocycles. The second-order valence-electron chi connectivity index (χ2n) is 4.55. The topological polar surface area (TPSA) is 83.7 Å². The number of nitro groups is 1. The summed E-state index contributed by atoms with van der Waals surface area (Å²) in [4.78, 5) is 22.3. The van der Waals surface area contributed by atoms with Gasteiger partial charge >= 0.3 is 11.7 Å². The lowest BCUT2D eigenvalue weighted by Crippen LogP contribution is -2.34. The number of carbonyl (C=O) groups is 1. The van der Waals surface area contributed by atoms with Gasteiger partial charge in [0.2, 0.25) is 5.82 Å². The second-order valence-corrected chi connectivity index (χ2v) is 4.55. The van der Waals surface area contributed by atoms with Gasteiger partial charge in [0.15, 0.2) is 0 Å². The van der Waals surface area contributed by atoms with Gasteiger partial charge in [-0.15, -0.1) is 0 Å². The predicted octanol–water partition coefficient (Wildman–Crippen LogP) is 2.42. The first-order chi connectivity index (χ1) is 9.35. The summed E-state index contributed by atoms with van der Waals surface area (Å²) >= 11 is 0. The Morgan fingerprint density at radius 2 is 2.20 bits per heavy atom. The van der Waals surface area contributed by atoms with E-state index in [2.05, 4.69) is 0 Å². The standard InChI is InChI=1S/C13H17FN2O4/c1-3-15(9(2)6-13(17)18)8-10-4-5-12(16(19)20)11(14)7-10/h4-5,7,9H,3,6,8H2,1-2H3,(H,17,18). The normalized spacial score (nSPS) is 12.4. The maximum Gasteiger partial charge on any atom is 0.304 e. The summed E-state index contributed by atoms with van der Waals surface area (Å²) in [5.74, 6) is -1.78. The van der Waals surface area contributed by atoms with E-state index in [9.17, 15) is 19.3 Å². The minimum absolute atomic E-state index is 0.0106. The Balaban J connectivity index is 2.82. The van der Waals surface area contributed by atoms with Crippen molar-refractivity contribution < 1.29 is 19.2 Å². The number of carboxylic acid groups (broad SMARTS) is 1. The minimum atomic E-state index is -0.897. The lowest BCUT2D eigenvalue weighted by atomic mass is 10.1. The number of benzene rings is 1. The molecule has 0 fully saturated rings. The highest BCUT2D eigenvalue weighted by atomic mass is 19.1. The number of aliphatic carboxylic acids is 1. The van der Waals surface area contributed by atoms with Crippen LogP contribution in [0, 0.1) is 15.9 Å². The molecule has 0 bridgehead atoms. The number of nitro benzene ring substituents is 1. The number of carboxylic acids is 1. The van der Waals surface area contributed by atoms with Gasteiger partial charge in [0.1, 0.15) is 0 Å². The molecular weight excluding hydrogens is 267 g/mol. The van der Waals surface area contributed by atoms with Crippen molar-refractivity contribution in [3.8, 4) is 0 Å². The molecule has 0 spiro atoms. The van der Waals surface area contributed by atoms with Crippen LogP contribution in [0.2, 0.25) is 0 Å². The number of hydrogen-bond donors (Lipinski definition) is 1. The van der Waals surface area contributed by atoms with Gasteiger partial charge in [0.25, 0.3) is 0 Å². The zero-order chi connectivity index (χ0) is 15.3. The zero-order valence-corrected chi connectivity index (χ0v) is 11.4. The lowest BCUT2D eigenvalue weighted by Gasteiger charge is -2.26. The van der Waals surface area contributed by atoms with Crippen molar-refractivity contribution in [2.24, 2.45) is 0 Å². The third-order valence-corrected chi connectivity index (χ3v) is 3.09. The van der Waals surface area contributed by atoms with E-state index in [1.54, 1.807) is 6.92 Å². The Labute approximate surface area is 116 Å². The van der Waals surface area contributed by atoms with Gasteiger partial charge in [-0.3, -0.25) is 19.8 Å². The van der Waals surface area contributed by atoms with Gasteiger partial charge in [0.05, 0.1) is 11.3 Å². The average Bonchev–Trinajstić information content (AvgIpc) is 2.34. The van der Waals surface area contributed by atoms with Crippen molar-refractivity contribution in [1.82, 2.24) is 4.90 Å². The van der Waals surface area contributed by atoms with Crippen LogP contribution in [0.15, 0.2) is 18.2 Å². The minimum Gasteiger partial charge on any atom is -0.481 e. The molecule has 1 atom stereocenters. The Kier molecular flexibility index (Phi) is 5.57. The van der Waals surface area contributed by atoms with Crippen molar-refractivity contribution in [3.05, 3.63) is 39.7 Å². The molecule has 110 valence electrons. The second kappa shape index (κ2) is 6.95. The molecule has 0 aliphatic carbocycles. The van der Waals surface area contributed by atoms with E-state index in [1.807, 2.05) is 11.8 Å². The molecule has 0 aliphatic rings. The SMILES string of the molecule is CCN(Cc1ccc([N+](=O)[O-])c(F)c1)C(C)CC(=O)O. The molecule has 7 heteroatoms. The van der Waals surface area contributed by atoms with Gasteiger partial charge in [-0.1, -0.05) is 13.0 Å². The summed E-state index contributed by atoms with van der Waals surface area (Å²) in [7, 11) is 0. The summed E-state index contributed by atoms with van der Waals surface area (Å²) in [6.45, 7) is 4.60. The number of halogens is 1. The van der Waals surface area contributed by atoms with Gasteiger partial charge in [0, 0.05) is 18.7 Å². The van der Waals surface area contributed by atoms with E-state index >= 15 is 0 Å². The molecule has 0 heterocycles. The van der Waals surface area contributed by atoms with E-state index in [1.165, 1.54) is 6.07 Å². The number of hydrogen-bond acceptors (Lipinski definition) is 4. The molecule has 6 nitrogen and oxygen atoms in total. The smallest absolute Gasteiger partial charge is 0.304 e. The largest absolute Gasteiger partial charge is 0.481 e. The van der Waals surface area contributed by atoms with Crippen molar-refractivity contribution >= 4 is 11.7 Å². The molecule has 20 heavy (non-hydrogen) atoms. The molecule has 1 aromatic carbocycles. The van der Waals surface area contributed by atoms with Crippen LogP contribution in [-0.2, 0) is 11.3 Å². The first kappa shape index (κ1) is 16.0. The van der Waals surface area contributed by atoms with E-state index in [4.69, 9.17) is 5.11 Å². The Bertz CT molecular complexity index is 507. The van der Waals surface area contributed by atoms with Crippen molar-refractivity contribution in [3.63, 3.8) is 0 Å². The molecule has 0 amide bonds. The maximum absolute atomic E-state index is 13.5. The van der Waals surface area contributed by atoms with E-state index in [-0.39, 0.29) is 12.5 Å². The van der Waals surface area contributed by atoms with E-state index in [0.29, 0.717) is 18.7 Å². The van der Waals surface area contributed by atoms with Gasteiger partial charge < -0.3 is 5.11 Å². The van der Waals surface area contributed by atoms with E-state index in [0.717, 1.165) is 12.1 Å². The Morgan fingerprint density at radius 3 is 2.65 bits per heavy atom. The highest BCUT2D eigenvalue weighted by Crippen LogP contribution is 2.19. The maximum atomic E-state index is 13.5. The Morgan fingerprint density at radius 1 is 1.55 bits per heavy atom. The fourth-order valence-electron chi connectivity index (χ4n) is 1.99. The lowest BCUT2D eigenvalue weighted by molar-refractivity contribution is -0.387. The fraction of sp³-hybridized carbons (Fsp3) is 0.462. The molecule has 0 aliphatic heterocycles. The van der Waals surface area contributed by atoms with Crippen LogP contribution in [-0.4, -0.2) is 33.5 Å². The molecule has 0 saturated heterocycles. The average molecular weight is 284 g/mol. The molecular formula is C13H17FN2O4. The molecule has 0 saturated carbocycles. The summed E-state index contributed by atoms with van der Waals surface area (Å²) in [5.41, 5.74) is 0.0163. The van der Waals surface area contributed by atoms with Gasteiger partial charge in [-0.25, -0.2) is 0 Å². The van der Waals surface area contributed by atoms with Crippen LogP contribution in [0.4, 0.5) is 10.1 Å². The summed E-state index contributed by atoms with van der Waals surface area (Å²) in [6, 6.07) is 3.53. The summed E-state index contributed by atoms with van der Waals surface area (Å²) < 4.78 is 13.5. The van der Waals surface area contributed by atoms with E-state index < -0.39 is 22.4 Å². The first-order valence-corrected chi connectivity index (χ1v) is 6.23. The van der Waals surface area contributed by atoms with Crippen molar-refractivity contribution in [2.45, 2.75) is 32.9 Å². The summed E-state index contributed by atoms with van der Waals surface area (Å²) in [5, 5.41) is 19.3. The van der Waals surface area contributed by atoms with Crippen LogP contribution in [0.5, 0.6) is 0 Å². The summed E-state index contributed by atoms with van der Waals surface area (Å²) in [6.07, 6.45) is -0.0106. The zero-order valence-electron chi connectivity index (χ0n) is 11.4. The van der Waals surface area contributed by atoms with Crippen LogP contribution < -0.4 is 0 Å². The molecule has 1 rings (SSSR count). The first-order valence-electron chi connectivity index (χ1n) is 6.23.